The van der Waals surface area contributed by atoms with E-state index in [2.05, 4.69) is 4.99 Å². The van der Waals surface area contributed by atoms with Crippen molar-refractivity contribution in [2.75, 3.05) is 6.54 Å². The number of nitrogens with two attached hydrogens (primary N) is 2. The number of hydrogen-bond acceptors (Lipinski definition) is 1. The number of rotatable bonds is 4. The zero-order valence-electron chi connectivity index (χ0n) is 5.26. The van der Waals surface area contributed by atoms with E-state index in [4.69, 9.17) is 11.5 Å². The lowest BCUT2D eigenvalue weighted by Gasteiger charge is -1.86. The van der Waals surface area contributed by atoms with E-state index in [0.717, 1.165) is 12.7 Å². The molecule has 0 aromatic heterocycles. The fourth-order valence-corrected chi connectivity index (χ4v) is 0.418. The number of carbonyl (C=O) groups excluding carboxylic acids is 1. The standard InChI is InChI=1S/C5H11N3O/c6-5(7)8-3-1-2-4-9/h4H,1-3H2,(H4,6,7,8)/p+1. The third-order valence-corrected chi connectivity index (χ3v) is 0.828. The van der Waals surface area contributed by atoms with E-state index in [1.807, 2.05) is 0 Å². The van der Waals surface area contributed by atoms with Gasteiger partial charge in [0.2, 0.25) is 0 Å². The van der Waals surface area contributed by atoms with Crippen molar-refractivity contribution in [3.63, 3.8) is 0 Å². The molecule has 0 aromatic rings. The van der Waals surface area contributed by atoms with Gasteiger partial charge in [-0.3, -0.25) is 16.5 Å². The average molecular weight is 130 g/mol. The van der Waals surface area contributed by atoms with Gasteiger partial charge in [0.25, 0.3) is 0 Å². The maximum absolute atomic E-state index is 9.75. The predicted molar refractivity (Wildman–Crippen MR) is 34.5 cm³/mol. The van der Waals surface area contributed by atoms with Crippen molar-refractivity contribution in [2.24, 2.45) is 11.5 Å². The summed E-state index contributed by atoms with van der Waals surface area (Å²) in [6.07, 6.45) is 2.20. The summed E-state index contributed by atoms with van der Waals surface area (Å²) in [7, 11) is 0. The van der Waals surface area contributed by atoms with E-state index in [-0.39, 0.29) is 5.96 Å². The zero-order valence-corrected chi connectivity index (χ0v) is 5.26. The minimum Gasteiger partial charge on any atom is -0.303 e. The maximum atomic E-state index is 9.75. The van der Waals surface area contributed by atoms with Crippen molar-refractivity contribution < 1.29 is 9.79 Å². The summed E-state index contributed by atoms with van der Waals surface area (Å²) in [5.74, 6) is 0.209. The molecule has 4 heteroatoms. The van der Waals surface area contributed by atoms with Crippen LogP contribution in [0.5, 0.6) is 0 Å². The van der Waals surface area contributed by atoms with Gasteiger partial charge in [0.05, 0.1) is 6.54 Å². The molecule has 0 saturated heterocycles. The molecule has 5 N–H and O–H groups in total. The molecule has 9 heavy (non-hydrogen) atoms. The van der Waals surface area contributed by atoms with Crippen LogP contribution in [0.4, 0.5) is 0 Å². The molecule has 0 unspecified atom stereocenters. The summed E-state index contributed by atoms with van der Waals surface area (Å²) >= 11 is 0. The molecule has 0 radical (unpaired) electrons. The summed E-state index contributed by atoms with van der Waals surface area (Å²) in [4.78, 5) is 12.4. The highest BCUT2D eigenvalue weighted by Crippen LogP contribution is 1.74. The van der Waals surface area contributed by atoms with Gasteiger partial charge < -0.3 is 4.79 Å². The van der Waals surface area contributed by atoms with Crippen LogP contribution >= 0.6 is 0 Å². The lowest BCUT2D eigenvalue weighted by Crippen LogP contribution is -2.78. The summed E-state index contributed by atoms with van der Waals surface area (Å²) in [5, 5.41) is 0. The Labute approximate surface area is 53.9 Å². The largest absolute Gasteiger partial charge is 0.338 e. The van der Waals surface area contributed by atoms with Crippen molar-refractivity contribution in [1.29, 1.82) is 0 Å². The van der Waals surface area contributed by atoms with E-state index in [9.17, 15) is 4.79 Å². The molecular weight excluding hydrogens is 118 g/mol. The second-order valence-electron chi connectivity index (χ2n) is 1.69. The topological polar surface area (TPSA) is 83.1 Å². The molecular formula is C5H12N3O+. The van der Waals surface area contributed by atoms with E-state index < -0.39 is 0 Å². The van der Waals surface area contributed by atoms with Crippen LogP contribution in [0.25, 0.3) is 0 Å². The summed E-state index contributed by atoms with van der Waals surface area (Å²) < 4.78 is 0. The third-order valence-electron chi connectivity index (χ3n) is 0.828. The van der Waals surface area contributed by atoms with E-state index in [1.54, 1.807) is 0 Å². The van der Waals surface area contributed by atoms with Crippen LogP contribution in [0.2, 0.25) is 0 Å². The molecule has 0 rings (SSSR count). The average Bonchev–Trinajstić information content (AvgIpc) is 1.80. The molecule has 0 spiro atoms. The van der Waals surface area contributed by atoms with Crippen LogP contribution in [0.15, 0.2) is 0 Å². The van der Waals surface area contributed by atoms with Crippen LogP contribution < -0.4 is 16.5 Å². The van der Waals surface area contributed by atoms with Crippen LogP contribution in [-0.4, -0.2) is 18.8 Å². The molecule has 52 valence electrons. The molecule has 0 heterocycles. The van der Waals surface area contributed by atoms with Crippen LogP contribution in [0, 0.1) is 0 Å². The second kappa shape index (κ2) is 5.08. The normalized spacial score (nSPS) is 8.44. The Morgan fingerprint density at radius 2 is 2.22 bits per heavy atom. The van der Waals surface area contributed by atoms with Crippen LogP contribution in [-0.2, 0) is 4.79 Å². The first-order valence-electron chi connectivity index (χ1n) is 2.82. The minimum absolute atomic E-state index is 0.209. The first kappa shape index (κ1) is 7.94. The Hall–Kier alpha value is -1.06. The Kier molecular flexibility index (Phi) is 4.49. The lowest BCUT2D eigenvalue weighted by molar-refractivity contribution is -0.459. The van der Waals surface area contributed by atoms with Crippen molar-refractivity contribution in [2.45, 2.75) is 12.8 Å². The number of carbonyl (C=O) groups is 1. The van der Waals surface area contributed by atoms with Gasteiger partial charge in [-0.2, -0.15) is 0 Å². The van der Waals surface area contributed by atoms with Gasteiger partial charge in [0.15, 0.2) is 0 Å². The number of aldehydes is 1. The molecule has 0 amide bonds. The van der Waals surface area contributed by atoms with Crippen LogP contribution in [0.3, 0.4) is 0 Å². The van der Waals surface area contributed by atoms with Crippen molar-refractivity contribution in [3.05, 3.63) is 0 Å². The number of nitrogens with one attached hydrogen (secondary N) is 1. The summed E-state index contributed by atoms with van der Waals surface area (Å²) in [5.41, 5.74) is 10.1. The minimum atomic E-state index is 0.209. The van der Waals surface area contributed by atoms with Gasteiger partial charge >= 0.3 is 5.96 Å². The predicted octanol–water partition coefficient (Wildman–Crippen LogP) is -2.68. The zero-order chi connectivity index (χ0) is 7.11. The molecule has 0 aromatic carbocycles. The SMILES string of the molecule is NC(N)=[NH+]CCCC=O. The molecule has 0 aliphatic rings. The summed E-state index contributed by atoms with van der Waals surface area (Å²) in [6, 6.07) is 0. The van der Waals surface area contributed by atoms with Gasteiger partial charge in [-0.25, -0.2) is 0 Å². The second-order valence-corrected chi connectivity index (χ2v) is 1.69. The van der Waals surface area contributed by atoms with Crippen molar-refractivity contribution in [3.8, 4) is 0 Å². The van der Waals surface area contributed by atoms with E-state index in [1.165, 1.54) is 0 Å². The third kappa shape index (κ3) is 6.94. The summed E-state index contributed by atoms with van der Waals surface area (Å²) in [6.45, 7) is 0.668. The van der Waals surface area contributed by atoms with Gasteiger partial charge in [-0.1, -0.05) is 0 Å². The first-order chi connectivity index (χ1) is 4.27. The molecule has 0 aliphatic carbocycles. The highest BCUT2D eigenvalue weighted by Gasteiger charge is 1.85. The Bertz CT molecular complexity index is 107. The monoisotopic (exact) mass is 130 g/mol. The molecule has 0 aliphatic heterocycles. The molecule has 4 nitrogen and oxygen atoms in total. The number of unbranched alkanes of at least 4 members (excludes halogenated alkanes) is 1. The number of hydrogen-bond donors (Lipinski definition) is 3. The quantitative estimate of drug-likeness (QED) is 0.168. The van der Waals surface area contributed by atoms with E-state index in [0.29, 0.717) is 13.0 Å². The Balaban J connectivity index is 3.09. The Morgan fingerprint density at radius 3 is 2.67 bits per heavy atom. The van der Waals surface area contributed by atoms with Crippen molar-refractivity contribution >= 4 is 12.2 Å². The first-order valence-corrected chi connectivity index (χ1v) is 2.82. The Morgan fingerprint density at radius 1 is 1.56 bits per heavy atom. The molecule has 0 fully saturated rings. The number of guanidine groups is 1. The van der Waals surface area contributed by atoms with Crippen molar-refractivity contribution in [1.82, 2.24) is 0 Å². The fourth-order valence-electron chi connectivity index (χ4n) is 0.418. The molecule has 0 bridgehead atoms. The van der Waals surface area contributed by atoms with Gasteiger partial charge in [0, 0.05) is 6.42 Å². The smallest absolute Gasteiger partial charge is 0.303 e. The fraction of sp³-hybridized carbons (Fsp3) is 0.600. The highest BCUT2D eigenvalue weighted by atomic mass is 16.1. The van der Waals surface area contributed by atoms with E-state index >= 15 is 0 Å². The molecule has 0 atom stereocenters. The molecule has 0 saturated carbocycles. The van der Waals surface area contributed by atoms with Gasteiger partial charge in [-0.15, -0.1) is 0 Å². The van der Waals surface area contributed by atoms with Gasteiger partial charge in [0.1, 0.15) is 6.29 Å². The van der Waals surface area contributed by atoms with Crippen LogP contribution in [0.1, 0.15) is 12.8 Å². The lowest BCUT2D eigenvalue weighted by atomic mass is 10.3. The highest BCUT2D eigenvalue weighted by molar-refractivity contribution is 5.69. The van der Waals surface area contributed by atoms with Gasteiger partial charge in [-0.05, 0) is 6.42 Å². The maximum Gasteiger partial charge on any atom is 0.338 e.